The van der Waals surface area contributed by atoms with Crippen LogP contribution in [0, 0.1) is 0 Å². The first-order valence-electron chi connectivity index (χ1n) is 10.1. The van der Waals surface area contributed by atoms with Crippen LogP contribution in [0.5, 0.6) is 0 Å². The van der Waals surface area contributed by atoms with Crippen LogP contribution < -0.4 is 16.0 Å². The van der Waals surface area contributed by atoms with Gasteiger partial charge in [0, 0.05) is 27.9 Å². The number of nitrogens with two attached hydrogens (primary N) is 1. The molecule has 0 saturated carbocycles. The average molecular weight is 569 g/mol. The largest absolute Gasteiger partial charge is 0.418 e. The minimum absolute atomic E-state index is 0.0925. The monoisotopic (exact) mass is 569 g/mol. The fourth-order valence-electron chi connectivity index (χ4n) is 3.68. The lowest BCUT2D eigenvalue weighted by atomic mass is 10.0. The number of aromatic nitrogens is 2. The lowest BCUT2D eigenvalue weighted by Gasteiger charge is -2.28. The second kappa shape index (κ2) is 9.94. The number of halogens is 6. The van der Waals surface area contributed by atoms with E-state index in [0.717, 1.165) is 12.5 Å². The Kier molecular flexibility index (Phi) is 7.69. The van der Waals surface area contributed by atoms with Crippen molar-refractivity contribution < 1.29 is 22.0 Å². The number of rotatable bonds is 5. The van der Waals surface area contributed by atoms with Gasteiger partial charge in [0.1, 0.15) is 11.6 Å². The van der Waals surface area contributed by atoms with Crippen LogP contribution in [0.4, 0.5) is 33.6 Å². The van der Waals surface area contributed by atoms with Gasteiger partial charge in [-0.2, -0.15) is 13.2 Å². The average Bonchev–Trinajstić information content (AvgIpc) is 2.87. The minimum atomic E-state index is -4.66. The predicted octanol–water partition coefficient (Wildman–Crippen LogP) is 4.46. The molecule has 1 saturated heterocycles. The van der Waals surface area contributed by atoms with Crippen LogP contribution in [-0.4, -0.2) is 50.0 Å². The highest BCUT2D eigenvalue weighted by Crippen LogP contribution is 2.36. The van der Waals surface area contributed by atoms with Gasteiger partial charge in [0.25, 0.3) is 5.92 Å². The molecule has 2 aromatic rings. The molecule has 32 heavy (non-hydrogen) atoms. The van der Waals surface area contributed by atoms with Gasteiger partial charge in [-0.25, -0.2) is 18.7 Å². The molecule has 3 N–H and O–H groups in total. The maximum Gasteiger partial charge on any atom is 0.418 e. The van der Waals surface area contributed by atoms with Gasteiger partial charge >= 0.3 is 6.18 Å². The van der Waals surface area contributed by atoms with Gasteiger partial charge in [0.05, 0.1) is 24.3 Å². The third-order valence-electron chi connectivity index (χ3n) is 5.13. The highest BCUT2D eigenvalue weighted by Gasteiger charge is 2.39. The molecule has 1 fully saturated rings. The molecule has 3 rings (SSSR count). The quantitative estimate of drug-likeness (QED) is 0.317. The second-order valence-electron chi connectivity index (χ2n) is 7.61. The number of pyridine rings is 2. The van der Waals surface area contributed by atoms with Crippen molar-refractivity contribution in [1.82, 2.24) is 15.3 Å². The molecule has 0 bridgehead atoms. The van der Waals surface area contributed by atoms with Gasteiger partial charge < -0.3 is 16.0 Å². The van der Waals surface area contributed by atoms with Crippen molar-refractivity contribution in [3.63, 3.8) is 0 Å². The van der Waals surface area contributed by atoms with E-state index in [1.54, 1.807) is 17.1 Å². The molecule has 1 aliphatic heterocycles. The van der Waals surface area contributed by atoms with Crippen LogP contribution in [0.3, 0.4) is 0 Å². The van der Waals surface area contributed by atoms with Crippen molar-refractivity contribution >= 4 is 35.9 Å². The standard InChI is InChI=1S/C21H25F5IN5/c1-3-5-13-10-32(12-20(22,23)11-30-13)16-8-7-15(21(24,25)26)18(31-16)17(27-2)14-6-4-9-29-19(14)28/h4,6-9,13,30H,3,5,10-12H2,1-2H3,(H2,28,29)/t13-/m0/s1. The summed E-state index contributed by atoms with van der Waals surface area (Å²) >= 11 is -0.914. The first kappa shape index (κ1) is 24.7. The van der Waals surface area contributed by atoms with E-state index in [4.69, 9.17) is 5.73 Å². The zero-order valence-electron chi connectivity index (χ0n) is 17.7. The summed E-state index contributed by atoms with van der Waals surface area (Å²) in [5, 5.41) is 2.87. The van der Waals surface area contributed by atoms with E-state index < -0.39 is 51.5 Å². The molecular weight excluding hydrogens is 544 g/mol. The molecule has 0 radical (unpaired) electrons. The molecule has 3 heterocycles. The third kappa shape index (κ3) is 5.72. The molecule has 0 aromatic carbocycles. The maximum atomic E-state index is 14.4. The maximum absolute atomic E-state index is 14.4. The van der Waals surface area contributed by atoms with Crippen LogP contribution in [0.15, 0.2) is 30.5 Å². The van der Waals surface area contributed by atoms with Crippen LogP contribution in [0.25, 0.3) is 0 Å². The van der Waals surface area contributed by atoms with E-state index in [1.807, 2.05) is 6.92 Å². The second-order valence-corrected chi connectivity index (χ2v) is 9.76. The molecular formula is C21H25F5IN5. The van der Waals surface area contributed by atoms with E-state index >= 15 is 0 Å². The van der Waals surface area contributed by atoms with Crippen LogP contribution in [0.1, 0.15) is 36.6 Å². The Morgan fingerprint density at radius 2 is 2.06 bits per heavy atom. The SMILES string of the molecule is CCC[C@H]1CN(c2ccc(C(F)(F)F)c(C(=IC)c3cccnc3N)n2)CC(F)(F)CN1. The highest BCUT2D eigenvalue weighted by atomic mass is 127. The molecule has 176 valence electrons. The molecule has 0 spiro atoms. The summed E-state index contributed by atoms with van der Waals surface area (Å²) in [6.07, 6.45) is -1.73. The fraction of sp³-hybridized carbons (Fsp3) is 0.476. The zero-order valence-corrected chi connectivity index (χ0v) is 19.8. The van der Waals surface area contributed by atoms with Gasteiger partial charge in [-0.1, -0.05) is 13.3 Å². The van der Waals surface area contributed by atoms with Gasteiger partial charge in [0.15, 0.2) is 0 Å². The van der Waals surface area contributed by atoms with E-state index in [2.05, 4.69) is 15.3 Å². The Hall–Kier alpha value is -1.89. The smallest absolute Gasteiger partial charge is 0.383 e. The number of nitrogens with one attached hydrogen (secondary N) is 1. The van der Waals surface area contributed by atoms with Crippen molar-refractivity contribution in [2.75, 3.05) is 35.2 Å². The van der Waals surface area contributed by atoms with E-state index in [9.17, 15) is 22.0 Å². The summed E-state index contributed by atoms with van der Waals surface area (Å²) in [4.78, 5) is 11.5. The Labute approximate surface area is 193 Å². The summed E-state index contributed by atoms with van der Waals surface area (Å²) in [7, 11) is 0. The number of alkyl halides is 6. The molecule has 2 aromatic heterocycles. The number of hydrogen-bond acceptors (Lipinski definition) is 5. The Balaban J connectivity index is 2.12. The fourth-order valence-corrected chi connectivity index (χ4v) is 5.64. The molecule has 5 nitrogen and oxygen atoms in total. The third-order valence-corrected chi connectivity index (χ3v) is 7.30. The highest BCUT2D eigenvalue weighted by molar-refractivity contribution is 14.2. The Morgan fingerprint density at radius 3 is 2.69 bits per heavy atom. The molecule has 0 aliphatic carbocycles. The van der Waals surface area contributed by atoms with Crippen LogP contribution in [0.2, 0.25) is 0 Å². The summed E-state index contributed by atoms with van der Waals surface area (Å²) in [5.74, 6) is -2.84. The van der Waals surface area contributed by atoms with Crippen molar-refractivity contribution in [1.29, 1.82) is 0 Å². The van der Waals surface area contributed by atoms with Crippen molar-refractivity contribution in [2.24, 2.45) is 0 Å². The van der Waals surface area contributed by atoms with Crippen molar-refractivity contribution in [3.8, 4) is 0 Å². The lowest BCUT2D eigenvalue weighted by Crippen LogP contribution is -2.39. The van der Waals surface area contributed by atoms with Crippen molar-refractivity contribution in [3.05, 3.63) is 47.3 Å². The molecule has 11 heteroatoms. The minimum Gasteiger partial charge on any atom is -0.383 e. The van der Waals surface area contributed by atoms with Gasteiger partial charge in [-0.15, -0.1) is 20.7 Å². The topological polar surface area (TPSA) is 67.1 Å². The van der Waals surface area contributed by atoms with Crippen molar-refractivity contribution in [2.45, 2.75) is 37.9 Å². The zero-order chi connectivity index (χ0) is 23.5. The summed E-state index contributed by atoms with van der Waals surface area (Å²) in [6.45, 7) is 1.08. The van der Waals surface area contributed by atoms with Gasteiger partial charge in [-0.3, -0.25) is 0 Å². The molecule has 0 unspecified atom stereocenters. The Bertz CT molecular complexity index is 979. The summed E-state index contributed by atoms with van der Waals surface area (Å²) in [5.41, 5.74) is 5.16. The number of hydrogen-bond donors (Lipinski definition) is 2. The van der Waals surface area contributed by atoms with E-state index in [-0.39, 0.29) is 29.9 Å². The van der Waals surface area contributed by atoms with Gasteiger partial charge in [0.2, 0.25) is 0 Å². The van der Waals surface area contributed by atoms with Crippen LogP contribution >= 0.6 is 20.7 Å². The van der Waals surface area contributed by atoms with E-state index in [1.165, 1.54) is 17.2 Å². The number of nitrogens with zero attached hydrogens (tertiary/aromatic N) is 3. The van der Waals surface area contributed by atoms with Crippen LogP contribution in [-0.2, 0) is 6.18 Å². The first-order chi connectivity index (χ1) is 15.1. The number of anilines is 2. The lowest BCUT2D eigenvalue weighted by molar-refractivity contribution is -0.137. The molecule has 0 amide bonds. The molecule has 1 atom stereocenters. The summed E-state index contributed by atoms with van der Waals surface area (Å²) in [6, 6.07) is 5.09. The Morgan fingerprint density at radius 1 is 1.31 bits per heavy atom. The number of nitrogen functional groups attached to an aromatic ring is 1. The predicted molar refractivity (Wildman–Crippen MR) is 125 cm³/mol. The van der Waals surface area contributed by atoms with E-state index in [0.29, 0.717) is 15.5 Å². The van der Waals surface area contributed by atoms with Gasteiger partial charge in [-0.05, 0) is 35.6 Å². The first-order valence-corrected chi connectivity index (χ1v) is 13.3. The summed E-state index contributed by atoms with van der Waals surface area (Å²) < 4.78 is 70.7. The molecule has 1 aliphatic rings. The normalized spacial score (nSPS) is 19.9.